The number of nitrogens with one attached hydrogen (secondary N) is 1. The molecule has 0 bridgehead atoms. The molecule has 0 aromatic heterocycles. The second-order valence-corrected chi connectivity index (χ2v) is 5.42. The molecule has 0 aliphatic rings. The van der Waals surface area contributed by atoms with Crippen LogP contribution in [-0.4, -0.2) is 19.6 Å². The van der Waals surface area contributed by atoms with E-state index in [4.69, 9.17) is 0 Å². The van der Waals surface area contributed by atoms with Crippen LogP contribution in [0.1, 0.15) is 52.6 Å². The van der Waals surface area contributed by atoms with Crippen LogP contribution in [-0.2, 0) is 0 Å². The molecule has 0 spiro atoms. The largest absolute Gasteiger partial charge is 0.372 e. The van der Waals surface area contributed by atoms with Gasteiger partial charge in [-0.25, -0.2) is 0 Å². The van der Waals surface area contributed by atoms with Crippen molar-refractivity contribution in [1.29, 1.82) is 0 Å². The Bertz CT molecular complexity index is 345. The van der Waals surface area contributed by atoms with Gasteiger partial charge in [0, 0.05) is 24.8 Å². The smallest absolute Gasteiger partial charge is 0.0366 e. The molecule has 1 aromatic carbocycles. The first kappa shape index (κ1) is 16.0. The van der Waals surface area contributed by atoms with Crippen LogP contribution in [0.15, 0.2) is 24.3 Å². The Hall–Kier alpha value is -1.02. The molecule has 108 valence electrons. The third kappa shape index (κ3) is 4.87. The molecule has 0 saturated carbocycles. The monoisotopic (exact) mass is 262 g/mol. The number of benzene rings is 1. The molecule has 2 atom stereocenters. The van der Waals surface area contributed by atoms with Gasteiger partial charge in [-0.1, -0.05) is 39.3 Å². The van der Waals surface area contributed by atoms with Crippen molar-refractivity contribution in [3.63, 3.8) is 0 Å². The van der Waals surface area contributed by atoms with E-state index >= 15 is 0 Å². The van der Waals surface area contributed by atoms with Crippen LogP contribution in [0.3, 0.4) is 0 Å². The molecule has 0 saturated heterocycles. The van der Waals surface area contributed by atoms with Crippen LogP contribution in [0.4, 0.5) is 5.69 Å². The molecule has 19 heavy (non-hydrogen) atoms. The zero-order valence-corrected chi connectivity index (χ0v) is 13.2. The molecule has 2 nitrogen and oxygen atoms in total. The summed E-state index contributed by atoms with van der Waals surface area (Å²) >= 11 is 0. The van der Waals surface area contributed by atoms with E-state index in [-0.39, 0.29) is 0 Å². The summed E-state index contributed by atoms with van der Waals surface area (Å²) in [5, 5.41) is 3.45. The molecule has 0 fully saturated rings. The van der Waals surface area contributed by atoms with Crippen molar-refractivity contribution in [1.82, 2.24) is 5.32 Å². The molecule has 2 unspecified atom stereocenters. The number of anilines is 1. The van der Waals surface area contributed by atoms with E-state index in [2.05, 4.69) is 69.1 Å². The first-order chi connectivity index (χ1) is 9.12. The fourth-order valence-corrected chi connectivity index (χ4v) is 2.32. The number of nitrogens with zero attached hydrogens (tertiary/aromatic N) is 1. The highest BCUT2D eigenvalue weighted by atomic mass is 15.1. The summed E-state index contributed by atoms with van der Waals surface area (Å²) in [5.41, 5.74) is 2.71. The van der Waals surface area contributed by atoms with Crippen molar-refractivity contribution >= 4 is 5.69 Å². The lowest BCUT2D eigenvalue weighted by Crippen LogP contribution is -2.28. The van der Waals surface area contributed by atoms with Crippen LogP contribution in [0.25, 0.3) is 0 Å². The van der Waals surface area contributed by atoms with Crippen LogP contribution in [0.2, 0.25) is 0 Å². The summed E-state index contributed by atoms with van der Waals surface area (Å²) in [7, 11) is 0. The molecule has 0 aliphatic heterocycles. The SMILES string of the molecule is CCNC(C)c1ccc(N(CC)CC(C)CC)cc1. The first-order valence-electron chi connectivity index (χ1n) is 7.70. The van der Waals surface area contributed by atoms with Crippen LogP contribution in [0, 0.1) is 5.92 Å². The van der Waals surface area contributed by atoms with Crippen molar-refractivity contribution in [2.75, 3.05) is 24.5 Å². The highest BCUT2D eigenvalue weighted by molar-refractivity contribution is 5.48. The second kappa shape index (κ2) is 8.21. The van der Waals surface area contributed by atoms with Crippen molar-refractivity contribution in [3.8, 4) is 0 Å². The van der Waals surface area contributed by atoms with Gasteiger partial charge in [0.25, 0.3) is 0 Å². The normalized spacial score (nSPS) is 14.2. The molecule has 0 radical (unpaired) electrons. The number of rotatable bonds is 8. The summed E-state index contributed by atoms with van der Waals surface area (Å²) in [6.07, 6.45) is 1.24. The Labute approximate surface area is 119 Å². The summed E-state index contributed by atoms with van der Waals surface area (Å²) in [6.45, 7) is 14.4. The predicted octanol–water partition coefficient (Wildman–Crippen LogP) is 4.23. The summed E-state index contributed by atoms with van der Waals surface area (Å²) in [6, 6.07) is 9.46. The van der Waals surface area contributed by atoms with E-state index in [1.165, 1.54) is 17.7 Å². The maximum absolute atomic E-state index is 3.45. The second-order valence-electron chi connectivity index (χ2n) is 5.42. The van der Waals surface area contributed by atoms with Gasteiger partial charge in [-0.05, 0) is 44.0 Å². The minimum atomic E-state index is 0.434. The van der Waals surface area contributed by atoms with Gasteiger partial charge in [-0.2, -0.15) is 0 Å². The molecular weight excluding hydrogens is 232 g/mol. The zero-order valence-electron chi connectivity index (χ0n) is 13.2. The van der Waals surface area contributed by atoms with E-state index in [9.17, 15) is 0 Å². The van der Waals surface area contributed by atoms with Gasteiger partial charge >= 0.3 is 0 Å². The van der Waals surface area contributed by atoms with Gasteiger partial charge < -0.3 is 10.2 Å². The van der Waals surface area contributed by atoms with Crippen molar-refractivity contribution in [2.45, 2.75) is 47.1 Å². The van der Waals surface area contributed by atoms with Crippen LogP contribution in [0.5, 0.6) is 0 Å². The minimum Gasteiger partial charge on any atom is -0.372 e. The van der Waals surface area contributed by atoms with Gasteiger partial charge in [0.2, 0.25) is 0 Å². The number of hydrogen-bond donors (Lipinski definition) is 1. The topological polar surface area (TPSA) is 15.3 Å². The standard InChI is InChI=1S/C17H30N2/c1-6-14(4)13-19(8-3)17-11-9-16(10-12-17)15(5)18-7-2/h9-12,14-15,18H,6-8,13H2,1-5H3. The molecule has 1 aromatic rings. The lowest BCUT2D eigenvalue weighted by Gasteiger charge is -2.26. The predicted molar refractivity (Wildman–Crippen MR) is 85.9 cm³/mol. The van der Waals surface area contributed by atoms with Crippen LogP contribution >= 0.6 is 0 Å². The summed E-state index contributed by atoms with van der Waals surface area (Å²) in [4.78, 5) is 2.47. The Kier molecular flexibility index (Phi) is 6.93. The van der Waals surface area contributed by atoms with Gasteiger partial charge in [0.15, 0.2) is 0 Å². The average molecular weight is 262 g/mol. The van der Waals surface area contributed by atoms with E-state index in [1.54, 1.807) is 0 Å². The molecule has 2 heteroatoms. The quantitative estimate of drug-likeness (QED) is 0.754. The minimum absolute atomic E-state index is 0.434. The molecule has 1 N–H and O–H groups in total. The first-order valence-corrected chi connectivity index (χ1v) is 7.70. The third-order valence-electron chi connectivity index (χ3n) is 3.88. The Balaban J connectivity index is 2.72. The molecule has 0 heterocycles. The van der Waals surface area contributed by atoms with Crippen LogP contribution < -0.4 is 10.2 Å². The van der Waals surface area contributed by atoms with Crippen molar-refractivity contribution in [2.24, 2.45) is 5.92 Å². The summed E-state index contributed by atoms with van der Waals surface area (Å²) < 4.78 is 0. The van der Waals surface area contributed by atoms with Gasteiger partial charge in [-0.3, -0.25) is 0 Å². The van der Waals surface area contributed by atoms with Crippen molar-refractivity contribution < 1.29 is 0 Å². The zero-order chi connectivity index (χ0) is 14.3. The van der Waals surface area contributed by atoms with Gasteiger partial charge in [0.1, 0.15) is 0 Å². The third-order valence-corrected chi connectivity index (χ3v) is 3.88. The molecule has 0 amide bonds. The fraction of sp³-hybridized carbons (Fsp3) is 0.647. The highest BCUT2D eigenvalue weighted by Gasteiger charge is 2.09. The van der Waals surface area contributed by atoms with Gasteiger partial charge in [-0.15, -0.1) is 0 Å². The Morgan fingerprint density at radius 1 is 1.05 bits per heavy atom. The van der Waals surface area contributed by atoms with E-state index in [0.717, 1.165) is 25.6 Å². The van der Waals surface area contributed by atoms with E-state index in [1.807, 2.05) is 0 Å². The molecular formula is C17H30N2. The number of hydrogen-bond acceptors (Lipinski definition) is 2. The molecule has 0 aliphatic carbocycles. The highest BCUT2D eigenvalue weighted by Crippen LogP contribution is 2.20. The van der Waals surface area contributed by atoms with Gasteiger partial charge in [0.05, 0.1) is 0 Å². The summed E-state index contributed by atoms with van der Waals surface area (Å²) in [5.74, 6) is 0.750. The Morgan fingerprint density at radius 3 is 2.16 bits per heavy atom. The maximum Gasteiger partial charge on any atom is 0.0366 e. The lowest BCUT2D eigenvalue weighted by atomic mass is 10.1. The Morgan fingerprint density at radius 2 is 1.68 bits per heavy atom. The molecule has 1 rings (SSSR count). The van der Waals surface area contributed by atoms with E-state index < -0.39 is 0 Å². The van der Waals surface area contributed by atoms with E-state index in [0.29, 0.717) is 6.04 Å². The van der Waals surface area contributed by atoms with Crippen molar-refractivity contribution in [3.05, 3.63) is 29.8 Å². The average Bonchev–Trinajstić information content (AvgIpc) is 2.45. The lowest BCUT2D eigenvalue weighted by molar-refractivity contribution is 0.548. The fourth-order valence-electron chi connectivity index (χ4n) is 2.32. The maximum atomic E-state index is 3.45.